The quantitative estimate of drug-likeness (QED) is 0.602. The lowest BCUT2D eigenvalue weighted by molar-refractivity contribution is -0.119. The number of hydrogen-bond acceptors (Lipinski definition) is 4. The van der Waals surface area contributed by atoms with Gasteiger partial charge in [-0.25, -0.2) is 4.79 Å². The summed E-state index contributed by atoms with van der Waals surface area (Å²) >= 11 is 0. The van der Waals surface area contributed by atoms with Gasteiger partial charge in [0, 0.05) is 28.3 Å². The molecule has 6 nitrogen and oxygen atoms in total. The minimum absolute atomic E-state index is 0.341. The van der Waals surface area contributed by atoms with E-state index in [-0.39, 0.29) is 12.5 Å². The zero-order chi connectivity index (χ0) is 21.4. The molecule has 0 atom stereocenters. The first-order chi connectivity index (χ1) is 14.4. The van der Waals surface area contributed by atoms with E-state index in [1.807, 2.05) is 57.2 Å². The molecule has 2 aromatic carbocycles. The average Bonchev–Trinajstić information content (AvgIpc) is 3.51. The topological polar surface area (TPSA) is 69.6 Å². The lowest BCUT2D eigenvalue weighted by Crippen LogP contribution is -2.22. The molecule has 156 valence electrons. The zero-order valence-electron chi connectivity index (χ0n) is 17.7. The summed E-state index contributed by atoms with van der Waals surface area (Å²) < 4.78 is 13.0. The second-order valence-corrected chi connectivity index (χ2v) is 7.84. The summed E-state index contributed by atoms with van der Waals surface area (Å²) in [6, 6.07) is 11.9. The van der Waals surface area contributed by atoms with Crippen molar-refractivity contribution >= 4 is 28.5 Å². The molecule has 4 rings (SSSR count). The molecule has 1 N–H and O–H groups in total. The maximum Gasteiger partial charge on any atom is 0.341 e. The lowest BCUT2D eigenvalue weighted by atomic mass is 10.1. The van der Waals surface area contributed by atoms with Crippen molar-refractivity contribution in [1.29, 1.82) is 0 Å². The van der Waals surface area contributed by atoms with Crippen LogP contribution in [-0.2, 0) is 9.53 Å². The van der Waals surface area contributed by atoms with Gasteiger partial charge in [-0.2, -0.15) is 0 Å². The van der Waals surface area contributed by atoms with Crippen LogP contribution in [0.4, 0.5) is 5.69 Å². The highest BCUT2D eigenvalue weighted by molar-refractivity contribution is 6.07. The van der Waals surface area contributed by atoms with Crippen LogP contribution < -0.4 is 10.1 Å². The SMILES string of the molecule is COc1ccc2c(c1)c(C(=O)OCC(=O)Nc1c(C)cccc1C)c(C)n2C1CC1. The highest BCUT2D eigenvalue weighted by Crippen LogP contribution is 2.42. The number of esters is 1. The van der Waals surface area contributed by atoms with E-state index in [1.165, 1.54) is 0 Å². The molecule has 0 unspecified atom stereocenters. The fraction of sp³-hybridized carbons (Fsp3) is 0.333. The van der Waals surface area contributed by atoms with Crippen molar-refractivity contribution in [3.05, 3.63) is 58.8 Å². The van der Waals surface area contributed by atoms with E-state index in [0.29, 0.717) is 17.4 Å². The number of amides is 1. The highest BCUT2D eigenvalue weighted by Gasteiger charge is 2.31. The maximum atomic E-state index is 13.0. The summed E-state index contributed by atoms with van der Waals surface area (Å²) in [5.74, 6) is -0.180. The molecule has 0 bridgehead atoms. The second-order valence-electron chi connectivity index (χ2n) is 7.84. The van der Waals surface area contributed by atoms with Crippen molar-refractivity contribution in [2.45, 2.75) is 39.7 Å². The van der Waals surface area contributed by atoms with Gasteiger partial charge in [-0.1, -0.05) is 18.2 Å². The Bertz CT molecular complexity index is 1120. The van der Waals surface area contributed by atoms with Crippen LogP contribution in [0.25, 0.3) is 10.9 Å². The van der Waals surface area contributed by atoms with Gasteiger partial charge in [-0.3, -0.25) is 4.79 Å². The number of carbonyl (C=O) groups is 2. The minimum atomic E-state index is -0.498. The van der Waals surface area contributed by atoms with Crippen LogP contribution in [0.5, 0.6) is 5.75 Å². The maximum absolute atomic E-state index is 13.0. The molecule has 3 aromatic rings. The molecule has 1 aliphatic carbocycles. The third-order valence-corrected chi connectivity index (χ3v) is 5.65. The number of para-hydroxylation sites is 1. The number of rotatable bonds is 6. The summed E-state index contributed by atoms with van der Waals surface area (Å²) in [7, 11) is 1.60. The van der Waals surface area contributed by atoms with Crippen molar-refractivity contribution in [3.8, 4) is 5.75 Å². The smallest absolute Gasteiger partial charge is 0.341 e. The molecule has 0 saturated heterocycles. The number of hydrogen-bond donors (Lipinski definition) is 1. The van der Waals surface area contributed by atoms with E-state index in [4.69, 9.17) is 9.47 Å². The largest absolute Gasteiger partial charge is 0.497 e. The van der Waals surface area contributed by atoms with Crippen LogP contribution in [-0.4, -0.2) is 30.2 Å². The molecule has 6 heteroatoms. The van der Waals surface area contributed by atoms with Crippen LogP contribution in [0.3, 0.4) is 0 Å². The number of methoxy groups -OCH3 is 1. The molecule has 1 aliphatic rings. The Labute approximate surface area is 175 Å². The van der Waals surface area contributed by atoms with Crippen LogP contribution in [0.2, 0.25) is 0 Å². The summed E-state index contributed by atoms with van der Waals surface area (Å²) in [5, 5.41) is 3.64. The molecule has 1 amide bonds. The molecular weight excluding hydrogens is 380 g/mol. The molecule has 1 fully saturated rings. The first-order valence-corrected chi connectivity index (χ1v) is 10.1. The van der Waals surface area contributed by atoms with Gasteiger partial charge in [0.25, 0.3) is 5.91 Å². The number of nitrogens with one attached hydrogen (secondary N) is 1. The van der Waals surface area contributed by atoms with Gasteiger partial charge in [0.15, 0.2) is 6.61 Å². The normalized spacial score (nSPS) is 13.3. The van der Waals surface area contributed by atoms with E-state index in [9.17, 15) is 9.59 Å². The van der Waals surface area contributed by atoms with Gasteiger partial charge >= 0.3 is 5.97 Å². The Hall–Kier alpha value is -3.28. The van der Waals surface area contributed by atoms with E-state index < -0.39 is 5.97 Å². The number of carbonyl (C=O) groups excluding carboxylic acids is 2. The van der Waals surface area contributed by atoms with Crippen LogP contribution >= 0.6 is 0 Å². The fourth-order valence-corrected chi connectivity index (χ4v) is 4.00. The summed E-state index contributed by atoms with van der Waals surface area (Å²) in [4.78, 5) is 25.4. The Kier molecular flexibility index (Phi) is 5.24. The van der Waals surface area contributed by atoms with E-state index in [2.05, 4.69) is 9.88 Å². The van der Waals surface area contributed by atoms with Crippen molar-refractivity contribution in [2.75, 3.05) is 19.0 Å². The minimum Gasteiger partial charge on any atom is -0.497 e. The van der Waals surface area contributed by atoms with E-state index >= 15 is 0 Å². The monoisotopic (exact) mass is 406 g/mol. The molecule has 0 radical (unpaired) electrons. The number of aryl methyl sites for hydroxylation is 2. The predicted molar refractivity (Wildman–Crippen MR) is 116 cm³/mol. The van der Waals surface area contributed by atoms with Crippen LogP contribution in [0.15, 0.2) is 36.4 Å². The summed E-state index contributed by atoms with van der Waals surface area (Å²) in [6.45, 7) is 5.44. The Morgan fingerprint density at radius 1 is 1.10 bits per heavy atom. The van der Waals surface area contributed by atoms with Crippen molar-refractivity contribution < 1.29 is 19.1 Å². The van der Waals surface area contributed by atoms with Crippen molar-refractivity contribution in [1.82, 2.24) is 4.57 Å². The van der Waals surface area contributed by atoms with Crippen LogP contribution in [0, 0.1) is 20.8 Å². The summed E-state index contributed by atoms with van der Waals surface area (Å²) in [5.41, 5.74) is 5.03. The predicted octanol–water partition coefficient (Wildman–Crippen LogP) is 4.71. The average molecular weight is 406 g/mol. The third-order valence-electron chi connectivity index (χ3n) is 5.65. The fourth-order valence-electron chi connectivity index (χ4n) is 4.00. The van der Waals surface area contributed by atoms with E-state index in [0.717, 1.165) is 46.3 Å². The number of aromatic nitrogens is 1. The van der Waals surface area contributed by atoms with Gasteiger partial charge in [-0.05, 0) is 62.9 Å². The molecule has 0 aliphatic heterocycles. The van der Waals surface area contributed by atoms with Gasteiger partial charge in [-0.15, -0.1) is 0 Å². The van der Waals surface area contributed by atoms with Gasteiger partial charge in [0.05, 0.1) is 12.7 Å². The third kappa shape index (κ3) is 3.65. The van der Waals surface area contributed by atoms with E-state index in [1.54, 1.807) is 7.11 Å². The van der Waals surface area contributed by atoms with Crippen LogP contribution in [0.1, 0.15) is 46.1 Å². The molecule has 1 saturated carbocycles. The molecule has 1 aromatic heterocycles. The van der Waals surface area contributed by atoms with Crippen molar-refractivity contribution in [2.24, 2.45) is 0 Å². The van der Waals surface area contributed by atoms with Gasteiger partial charge in [0.2, 0.25) is 0 Å². The lowest BCUT2D eigenvalue weighted by Gasteiger charge is -2.12. The zero-order valence-corrected chi connectivity index (χ0v) is 17.7. The molecular formula is C24H26N2O4. The number of benzene rings is 2. The Balaban J connectivity index is 1.56. The molecule has 30 heavy (non-hydrogen) atoms. The number of nitrogens with zero attached hydrogens (tertiary/aromatic N) is 1. The Morgan fingerprint density at radius 2 is 1.80 bits per heavy atom. The first-order valence-electron chi connectivity index (χ1n) is 10.1. The standard InChI is InChI=1S/C24H26N2O4/c1-14-6-5-7-15(2)23(14)25-21(27)13-30-24(28)22-16(3)26(17-8-9-17)20-11-10-18(29-4)12-19(20)22/h5-7,10-12,17H,8-9,13H2,1-4H3,(H,25,27). The van der Waals surface area contributed by atoms with Crippen molar-refractivity contribution in [3.63, 3.8) is 0 Å². The number of fused-ring (bicyclic) bond motifs is 1. The molecule has 1 heterocycles. The first kappa shape index (κ1) is 20.0. The Morgan fingerprint density at radius 3 is 2.43 bits per heavy atom. The molecule has 0 spiro atoms. The number of ether oxygens (including phenoxy) is 2. The second kappa shape index (κ2) is 7.86. The summed E-state index contributed by atoms with van der Waals surface area (Å²) in [6.07, 6.45) is 2.20. The highest BCUT2D eigenvalue weighted by atomic mass is 16.5. The van der Waals surface area contributed by atoms with Gasteiger partial charge < -0.3 is 19.4 Å². The number of anilines is 1. The van der Waals surface area contributed by atoms with Gasteiger partial charge in [0.1, 0.15) is 5.75 Å².